The van der Waals surface area contributed by atoms with Gasteiger partial charge >= 0.3 is 0 Å². The van der Waals surface area contributed by atoms with Gasteiger partial charge in [-0.05, 0) is 47.8 Å². The Labute approximate surface area is 148 Å². The number of carbonyl (C=O) groups excluding carboxylic acids is 1. The van der Waals surface area contributed by atoms with Crippen molar-refractivity contribution in [2.24, 2.45) is 7.05 Å². The second-order valence-corrected chi connectivity index (χ2v) is 6.90. The molecule has 0 unspecified atom stereocenters. The zero-order valence-electron chi connectivity index (χ0n) is 13.6. The molecule has 128 valence electrons. The van der Waals surface area contributed by atoms with Gasteiger partial charge in [0, 0.05) is 42.5 Å². The first-order valence-electron chi connectivity index (χ1n) is 7.81. The highest BCUT2D eigenvalue weighted by molar-refractivity contribution is 9.10. The van der Waals surface area contributed by atoms with Crippen LogP contribution in [0, 0.1) is 12.7 Å². The molecule has 3 heterocycles. The van der Waals surface area contributed by atoms with Crippen LogP contribution in [-0.2, 0) is 7.05 Å². The van der Waals surface area contributed by atoms with Crippen molar-refractivity contribution in [2.75, 3.05) is 18.0 Å². The fourth-order valence-electron chi connectivity index (χ4n) is 2.81. The second kappa shape index (κ2) is 6.88. The van der Waals surface area contributed by atoms with Crippen LogP contribution in [0.4, 0.5) is 10.2 Å². The molecule has 1 aliphatic heterocycles. The zero-order valence-corrected chi connectivity index (χ0v) is 15.2. The third kappa shape index (κ3) is 3.58. The summed E-state index contributed by atoms with van der Waals surface area (Å²) in [4.78, 5) is 18.3. The molecule has 3 rings (SSSR count). The smallest absolute Gasteiger partial charge is 0.272 e. The summed E-state index contributed by atoms with van der Waals surface area (Å²) in [5.74, 6) is -0.135. The van der Waals surface area contributed by atoms with E-state index in [0.717, 1.165) is 18.5 Å². The highest BCUT2D eigenvalue weighted by Crippen LogP contribution is 2.23. The number of amides is 1. The Balaban J connectivity index is 1.58. The number of rotatable bonds is 3. The Hall–Kier alpha value is -1.96. The molecule has 1 fully saturated rings. The average molecular weight is 396 g/mol. The maximum atomic E-state index is 14.0. The number of pyridine rings is 1. The van der Waals surface area contributed by atoms with Crippen molar-refractivity contribution < 1.29 is 9.18 Å². The van der Waals surface area contributed by atoms with Crippen LogP contribution in [0.15, 0.2) is 22.8 Å². The minimum absolute atomic E-state index is 0.0644. The number of aromatic nitrogens is 3. The van der Waals surface area contributed by atoms with Gasteiger partial charge in [-0.2, -0.15) is 5.10 Å². The monoisotopic (exact) mass is 395 g/mol. The SMILES string of the molecule is Cc1cc(C(=O)NC2CCN(c3ncc(Br)cc3F)CC2)nn1C. The molecule has 1 N–H and O–H groups in total. The van der Waals surface area contributed by atoms with Crippen molar-refractivity contribution in [3.8, 4) is 0 Å². The van der Waals surface area contributed by atoms with E-state index in [0.29, 0.717) is 29.1 Å². The lowest BCUT2D eigenvalue weighted by molar-refractivity contribution is 0.0925. The van der Waals surface area contributed by atoms with Gasteiger partial charge in [-0.25, -0.2) is 9.37 Å². The number of halogens is 2. The molecule has 0 aliphatic carbocycles. The molecule has 0 spiro atoms. The van der Waals surface area contributed by atoms with Crippen LogP contribution in [0.2, 0.25) is 0 Å². The Morgan fingerprint density at radius 1 is 1.38 bits per heavy atom. The number of aryl methyl sites for hydroxylation is 2. The van der Waals surface area contributed by atoms with Crippen LogP contribution in [-0.4, -0.2) is 39.8 Å². The van der Waals surface area contributed by atoms with Crippen molar-refractivity contribution >= 4 is 27.7 Å². The number of piperidine rings is 1. The Kier molecular flexibility index (Phi) is 4.84. The van der Waals surface area contributed by atoms with Crippen LogP contribution in [0.1, 0.15) is 29.0 Å². The van der Waals surface area contributed by atoms with E-state index in [1.807, 2.05) is 18.9 Å². The molecular weight excluding hydrogens is 377 g/mol. The number of carbonyl (C=O) groups is 1. The van der Waals surface area contributed by atoms with Gasteiger partial charge in [0.1, 0.15) is 5.69 Å². The first-order valence-corrected chi connectivity index (χ1v) is 8.61. The van der Waals surface area contributed by atoms with Crippen molar-refractivity contribution in [2.45, 2.75) is 25.8 Å². The number of hydrogen-bond acceptors (Lipinski definition) is 4. The van der Waals surface area contributed by atoms with Gasteiger partial charge in [-0.3, -0.25) is 9.48 Å². The van der Waals surface area contributed by atoms with Gasteiger partial charge in [-0.1, -0.05) is 0 Å². The Bertz CT molecular complexity index is 735. The van der Waals surface area contributed by atoms with Crippen molar-refractivity contribution in [3.63, 3.8) is 0 Å². The zero-order chi connectivity index (χ0) is 17.3. The predicted octanol–water partition coefficient (Wildman–Crippen LogP) is 2.42. The van der Waals surface area contributed by atoms with E-state index < -0.39 is 0 Å². The highest BCUT2D eigenvalue weighted by Gasteiger charge is 2.24. The van der Waals surface area contributed by atoms with E-state index in [1.165, 1.54) is 6.07 Å². The molecule has 2 aromatic rings. The predicted molar refractivity (Wildman–Crippen MR) is 92.5 cm³/mol. The van der Waals surface area contributed by atoms with E-state index >= 15 is 0 Å². The molecule has 1 saturated heterocycles. The van der Waals surface area contributed by atoms with Gasteiger partial charge in [0.25, 0.3) is 5.91 Å². The maximum Gasteiger partial charge on any atom is 0.272 e. The molecule has 1 amide bonds. The van der Waals surface area contributed by atoms with Gasteiger partial charge < -0.3 is 10.2 Å². The first-order chi connectivity index (χ1) is 11.4. The Morgan fingerprint density at radius 3 is 2.67 bits per heavy atom. The van der Waals surface area contributed by atoms with Crippen LogP contribution in [0.5, 0.6) is 0 Å². The molecule has 0 atom stereocenters. The highest BCUT2D eigenvalue weighted by atomic mass is 79.9. The summed E-state index contributed by atoms with van der Waals surface area (Å²) in [5, 5.41) is 7.20. The quantitative estimate of drug-likeness (QED) is 0.866. The van der Waals surface area contributed by atoms with Crippen LogP contribution in [0.25, 0.3) is 0 Å². The van der Waals surface area contributed by atoms with Crippen LogP contribution < -0.4 is 10.2 Å². The number of anilines is 1. The van der Waals surface area contributed by atoms with Crippen LogP contribution >= 0.6 is 15.9 Å². The summed E-state index contributed by atoms with van der Waals surface area (Å²) in [6.07, 6.45) is 3.08. The third-order valence-electron chi connectivity index (χ3n) is 4.26. The van der Waals surface area contributed by atoms with Crippen molar-refractivity contribution in [3.05, 3.63) is 40.0 Å². The molecule has 8 heteroatoms. The molecule has 1 aliphatic rings. The number of nitrogens with zero attached hydrogens (tertiary/aromatic N) is 4. The number of nitrogens with one attached hydrogen (secondary N) is 1. The van der Waals surface area contributed by atoms with E-state index in [-0.39, 0.29) is 17.8 Å². The van der Waals surface area contributed by atoms with Gasteiger partial charge in [0.05, 0.1) is 0 Å². The molecular formula is C16H19BrFN5O. The Morgan fingerprint density at radius 2 is 2.08 bits per heavy atom. The summed E-state index contributed by atoms with van der Waals surface area (Å²) in [6, 6.07) is 3.25. The van der Waals surface area contributed by atoms with E-state index in [9.17, 15) is 9.18 Å². The topological polar surface area (TPSA) is 63.1 Å². The first kappa shape index (κ1) is 16.9. The number of hydrogen-bond donors (Lipinski definition) is 1. The summed E-state index contributed by atoms with van der Waals surface area (Å²) in [7, 11) is 1.81. The molecule has 0 aromatic carbocycles. The second-order valence-electron chi connectivity index (χ2n) is 5.99. The summed E-state index contributed by atoms with van der Waals surface area (Å²) < 4.78 is 16.3. The lowest BCUT2D eigenvalue weighted by atomic mass is 10.0. The minimum Gasteiger partial charge on any atom is -0.354 e. The molecule has 24 heavy (non-hydrogen) atoms. The lowest BCUT2D eigenvalue weighted by Crippen LogP contribution is -2.45. The maximum absolute atomic E-state index is 14.0. The lowest BCUT2D eigenvalue weighted by Gasteiger charge is -2.33. The van der Waals surface area contributed by atoms with Crippen molar-refractivity contribution in [1.82, 2.24) is 20.1 Å². The molecule has 0 saturated carbocycles. The van der Waals surface area contributed by atoms with Crippen molar-refractivity contribution in [1.29, 1.82) is 0 Å². The fraction of sp³-hybridized carbons (Fsp3) is 0.438. The summed E-state index contributed by atoms with van der Waals surface area (Å²) in [5.41, 5.74) is 1.37. The van der Waals surface area contributed by atoms with E-state index in [1.54, 1.807) is 16.9 Å². The normalized spacial score (nSPS) is 15.6. The van der Waals surface area contributed by atoms with E-state index in [4.69, 9.17) is 0 Å². The molecule has 6 nitrogen and oxygen atoms in total. The largest absolute Gasteiger partial charge is 0.354 e. The van der Waals surface area contributed by atoms with Gasteiger partial charge in [-0.15, -0.1) is 0 Å². The molecule has 0 bridgehead atoms. The van der Waals surface area contributed by atoms with E-state index in [2.05, 4.69) is 31.3 Å². The standard InChI is InChI=1S/C16H19BrFN5O/c1-10-7-14(21-22(10)2)16(24)20-12-3-5-23(6-4-12)15-13(18)8-11(17)9-19-15/h7-9,12H,3-6H2,1-2H3,(H,20,24). The molecule has 0 radical (unpaired) electrons. The minimum atomic E-state index is -0.337. The van der Waals surface area contributed by atoms with Crippen LogP contribution in [0.3, 0.4) is 0 Å². The third-order valence-corrected chi connectivity index (χ3v) is 4.70. The average Bonchev–Trinajstić information content (AvgIpc) is 2.88. The molecule has 2 aromatic heterocycles. The fourth-order valence-corrected chi connectivity index (χ4v) is 3.11. The summed E-state index contributed by atoms with van der Waals surface area (Å²) >= 11 is 3.21. The van der Waals surface area contributed by atoms with Gasteiger partial charge in [0.2, 0.25) is 0 Å². The van der Waals surface area contributed by atoms with Gasteiger partial charge in [0.15, 0.2) is 11.6 Å². The summed E-state index contributed by atoms with van der Waals surface area (Å²) in [6.45, 7) is 3.21.